The first-order chi connectivity index (χ1) is 13.0. The summed E-state index contributed by atoms with van der Waals surface area (Å²) in [6.45, 7) is 4.65. The molecule has 0 aliphatic carbocycles. The number of amides is 1. The van der Waals surface area contributed by atoms with E-state index in [1.54, 1.807) is 25.1 Å². The van der Waals surface area contributed by atoms with Crippen molar-refractivity contribution in [1.29, 1.82) is 0 Å². The lowest BCUT2D eigenvalue weighted by molar-refractivity contribution is 0.0945. The average Bonchev–Trinajstić information content (AvgIpc) is 2.65. The molecule has 138 valence electrons. The Labute approximate surface area is 157 Å². The van der Waals surface area contributed by atoms with Crippen LogP contribution in [-0.2, 0) is 13.1 Å². The minimum absolute atomic E-state index is 0.258. The number of carbonyl (C=O) groups is 1. The van der Waals surface area contributed by atoms with Crippen LogP contribution in [0.3, 0.4) is 0 Å². The Morgan fingerprint density at radius 3 is 2.48 bits per heavy atom. The minimum Gasteiger partial charge on any atom is -0.366 e. The highest BCUT2D eigenvalue weighted by atomic mass is 19.1. The summed E-state index contributed by atoms with van der Waals surface area (Å²) >= 11 is 0. The number of halogens is 1. The molecule has 1 heterocycles. The molecule has 2 aromatic carbocycles. The summed E-state index contributed by atoms with van der Waals surface area (Å²) in [6.07, 6.45) is 0. The molecule has 3 rings (SSSR count). The molecule has 0 fully saturated rings. The molecule has 0 aliphatic rings. The van der Waals surface area contributed by atoms with E-state index in [1.807, 2.05) is 31.2 Å². The minimum atomic E-state index is -0.274. The van der Waals surface area contributed by atoms with Gasteiger partial charge in [0.15, 0.2) is 0 Å². The number of rotatable bonds is 6. The summed E-state index contributed by atoms with van der Waals surface area (Å²) in [5.74, 6) is 0.517. The molecular weight excluding hydrogens is 343 g/mol. The zero-order valence-electron chi connectivity index (χ0n) is 15.3. The zero-order valence-corrected chi connectivity index (χ0v) is 15.3. The van der Waals surface area contributed by atoms with Crippen LogP contribution in [0.1, 0.15) is 33.0 Å². The van der Waals surface area contributed by atoms with Gasteiger partial charge in [0.2, 0.25) is 0 Å². The van der Waals surface area contributed by atoms with Crippen molar-refractivity contribution in [2.75, 3.05) is 5.32 Å². The largest absolute Gasteiger partial charge is 0.366 e. The van der Waals surface area contributed by atoms with Crippen LogP contribution in [-0.4, -0.2) is 15.9 Å². The Bertz CT molecular complexity index is 941. The Balaban J connectivity index is 1.64. The second-order valence-corrected chi connectivity index (χ2v) is 6.34. The van der Waals surface area contributed by atoms with Gasteiger partial charge in [0.25, 0.3) is 5.91 Å². The molecular formula is C21H21FN4O. The van der Waals surface area contributed by atoms with E-state index in [2.05, 4.69) is 20.6 Å². The smallest absolute Gasteiger partial charge is 0.270 e. The summed E-state index contributed by atoms with van der Waals surface area (Å²) in [6, 6.07) is 15.8. The summed E-state index contributed by atoms with van der Waals surface area (Å²) in [7, 11) is 0. The maximum absolute atomic E-state index is 13.0. The van der Waals surface area contributed by atoms with Gasteiger partial charge in [-0.15, -0.1) is 0 Å². The molecule has 6 heteroatoms. The van der Waals surface area contributed by atoms with Crippen LogP contribution in [0, 0.1) is 19.7 Å². The molecule has 1 amide bonds. The molecule has 1 aromatic heterocycles. The van der Waals surface area contributed by atoms with Crippen LogP contribution in [0.2, 0.25) is 0 Å². The molecule has 0 aliphatic heterocycles. The van der Waals surface area contributed by atoms with E-state index < -0.39 is 0 Å². The maximum atomic E-state index is 13.0. The van der Waals surface area contributed by atoms with E-state index in [0.717, 1.165) is 16.7 Å². The van der Waals surface area contributed by atoms with Gasteiger partial charge >= 0.3 is 0 Å². The number of carbonyl (C=O) groups excluding carboxylic acids is 1. The number of aryl methyl sites for hydroxylation is 2. The van der Waals surface area contributed by atoms with Crippen molar-refractivity contribution in [3.63, 3.8) is 0 Å². The van der Waals surface area contributed by atoms with Crippen molar-refractivity contribution in [2.24, 2.45) is 0 Å². The quantitative estimate of drug-likeness (QED) is 0.699. The fourth-order valence-corrected chi connectivity index (χ4v) is 2.66. The average molecular weight is 364 g/mol. The Kier molecular flexibility index (Phi) is 5.76. The van der Waals surface area contributed by atoms with E-state index in [-0.39, 0.29) is 11.7 Å². The third-order valence-electron chi connectivity index (χ3n) is 3.99. The molecule has 0 spiro atoms. The number of nitrogens with one attached hydrogen (secondary N) is 2. The van der Waals surface area contributed by atoms with Crippen molar-refractivity contribution in [1.82, 2.24) is 15.3 Å². The molecule has 0 saturated heterocycles. The van der Waals surface area contributed by atoms with Gasteiger partial charge in [-0.3, -0.25) is 4.79 Å². The van der Waals surface area contributed by atoms with Gasteiger partial charge in [0.1, 0.15) is 23.2 Å². The second-order valence-electron chi connectivity index (χ2n) is 6.34. The molecule has 5 nitrogen and oxygen atoms in total. The summed E-state index contributed by atoms with van der Waals surface area (Å²) < 4.78 is 13.0. The van der Waals surface area contributed by atoms with Gasteiger partial charge in [0, 0.05) is 19.2 Å². The van der Waals surface area contributed by atoms with Gasteiger partial charge in [-0.1, -0.05) is 42.0 Å². The lowest BCUT2D eigenvalue weighted by Crippen LogP contribution is -2.24. The van der Waals surface area contributed by atoms with E-state index in [0.29, 0.717) is 30.4 Å². The third-order valence-corrected chi connectivity index (χ3v) is 3.99. The molecule has 0 saturated carbocycles. The first kappa shape index (κ1) is 18.5. The van der Waals surface area contributed by atoms with E-state index in [9.17, 15) is 9.18 Å². The van der Waals surface area contributed by atoms with Gasteiger partial charge in [-0.25, -0.2) is 14.4 Å². The number of aromatic nitrogens is 2. The summed E-state index contributed by atoms with van der Waals surface area (Å²) in [4.78, 5) is 21.0. The first-order valence-corrected chi connectivity index (χ1v) is 8.67. The van der Waals surface area contributed by atoms with Crippen molar-refractivity contribution >= 4 is 11.7 Å². The highest BCUT2D eigenvalue weighted by Crippen LogP contribution is 2.11. The topological polar surface area (TPSA) is 66.9 Å². The highest BCUT2D eigenvalue weighted by Gasteiger charge is 2.10. The Morgan fingerprint density at radius 2 is 1.74 bits per heavy atom. The number of hydrogen-bond acceptors (Lipinski definition) is 4. The number of anilines is 1. The SMILES string of the molecule is Cc1cccc(CNC(=O)c2cc(NCc3ccc(F)cc3)nc(C)n2)c1. The van der Waals surface area contributed by atoms with Crippen LogP contribution in [0.15, 0.2) is 54.6 Å². The maximum Gasteiger partial charge on any atom is 0.270 e. The van der Waals surface area contributed by atoms with Crippen molar-refractivity contribution in [2.45, 2.75) is 26.9 Å². The molecule has 2 N–H and O–H groups in total. The van der Waals surface area contributed by atoms with Crippen LogP contribution in [0.25, 0.3) is 0 Å². The number of nitrogens with zero attached hydrogens (tertiary/aromatic N) is 2. The predicted octanol–water partition coefficient (Wildman–Crippen LogP) is 3.77. The van der Waals surface area contributed by atoms with E-state index >= 15 is 0 Å². The number of benzene rings is 2. The van der Waals surface area contributed by atoms with Crippen LogP contribution >= 0.6 is 0 Å². The van der Waals surface area contributed by atoms with Crippen LogP contribution < -0.4 is 10.6 Å². The van der Waals surface area contributed by atoms with Crippen molar-refractivity contribution in [3.05, 3.63) is 88.6 Å². The van der Waals surface area contributed by atoms with Crippen LogP contribution in [0.4, 0.5) is 10.2 Å². The Hall–Kier alpha value is -3.28. The molecule has 0 unspecified atom stereocenters. The lowest BCUT2D eigenvalue weighted by Gasteiger charge is -2.10. The fourth-order valence-electron chi connectivity index (χ4n) is 2.66. The lowest BCUT2D eigenvalue weighted by atomic mass is 10.1. The van der Waals surface area contributed by atoms with Gasteiger partial charge in [-0.2, -0.15) is 0 Å². The van der Waals surface area contributed by atoms with Gasteiger partial charge in [-0.05, 0) is 37.1 Å². The fraction of sp³-hybridized carbons (Fsp3) is 0.190. The molecule has 0 bridgehead atoms. The van der Waals surface area contributed by atoms with Gasteiger partial charge < -0.3 is 10.6 Å². The van der Waals surface area contributed by atoms with E-state index in [4.69, 9.17) is 0 Å². The van der Waals surface area contributed by atoms with Gasteiger partial charge in [0.05, 0.1) is 0 Å². The van der Waals surface area contributed by atoms with Crippen molar-refractivity contribution < 1.29 is 9.18 Å². The molecule has 0 radical (unpaired) electrons. The Morgan fingerprint density at radius 1 is 0.963 bits per heavy atom. The van der Waals surface area contributed by atoms with Crippen LogP contribution in [0.5, 0.6) is 0 Å². The standard InChI is InChI=1S/C21H21FN4O/c1-14-4-3-5-17(10-14)13-24-21(27)19-11-20(26-15(2)25-19)23-12-16-6-8-18(22)9-7-16/h3-11H,12-13H2,1-2H3,(H,24,27)(H,23,25,26). The number of hydrogen-bond donors (Lipinski definition) is 2. The van der Waals surface area contributed by atoms with E-state index in [1.165, 1.54) is 12.1 Å². The molecule has 27 heavy (non-hydrogen) atoms. The first-order valence-electron chi connectivity index (χ1n) is 8.67. The highest BCUT2D eigenvalue weighted by molar-refractivity contribution is 5.92. The second kappa shape index (κ2) is 8.40. The molecule has 3 aromatic rings. The summed E-state index contributed by atoms with van der Waals surface area (Å²) in [5, 5.41) is 6.02. The summed E-state index contributed by atoms with van der Waals surface area (Å²) in [5.41, 5.74) is 3.39. The zero-order chi connectivity index (χ0) is 19.2. The molecule has 0 atom stereocenters. The third kappa shape index (κ3) is 5.34. The monoisotopic (exact) mass is 364 g/mol. The predicted molar refractivity (Wildman–Crippen MR) is 103 cm³/mol. The van der Waals surface area contributed by atoms with Crippen molar-refractivity contribution in [3.8, 4) is 0 Å². The normalized spacial score (nSPS) is 10.5.